The number of imidazole rings is 1. The van der Waals surface area contributed by atoms with Crippen molar-refractivity contribution < 1.29 is 9.90 Å². The lowest BCUT2D eigenvalue weighted by Gasteiger charge is -2.29. The zero-order chi connectivity index (χ0) is 25.2. The molecule has 186 valence electrons. The summed E-state index contributed by atoms with van der Waals surface area (Å²) in [5, 5.41) is 17.1. The van der Waals surface area contributed by atoms with Crippen LogP contribution in [0.2, 0.25) is 0 Å². The molecule has 36 heavy (non-hydrogen) atoms. The van der Waals surface area contributed by atoms with E-state index in [0.29, 0.717) is 23.8 Å². The lowest BCUT2D eigenvalue weighted by atomic mass is 10.1. The highest BCUT2D eigenvalue weighted by Crippen LogP contribution is 2.27. The predicted molar refractivity (Wildman–Crippen MR) is 143 cm³/mol. The number of aromatic nitrogens is 3. The molecular formula is C28H32N6O2. The van der Waals surface area contributed by atoms with E-state index in [1.165, 1.54) is 0 Å². The van der Waals surface area contributed by atoms with Gasteiger partial charge in [-0.2, -0.15) is 0 Å². The monoisotopic (exact) mass is 484 g/mol. The summed E-state index contributed by atoms with van der Waals surface area (Å²) in [6.07, 6.45) is 2.05. The van der Waals surface area contributed by atoms with Crippen molar-refractivity contribution >= 4 is 28.6 Å². The Morgan fingerprint density at radius 1 is 1.06 bits per heavy atom. The van der Waals surface area contributed by atoms with Crippen LogP contribution in [0.25, 0.3) is 11.0 Å². The molecule has 0 aliphatic carbocycles. The number of hydrogen-bond donors (Lipinski definition) is 3. The molecule has 8 heteroatoms. The first-order chi connectivity index (χ1) is 17.4. The van der Waals surface area contributed by atoms with Gasteiger partial charge in [0.25, 0.3) is 5.91 Å². The minimum absolute atomic E-state index is 0.140. The first-order valence-corrected chi connectivity index (χ1v) is 12.3. The zero-order valence-electron chi connectivity index (χ0n) is 21.0. The molecular weight excluding hydrogens is 452 g/mol. The van der Waals surface area contributed by atoms with Crippen LogP contribution in [0, 0.1) is 13.8 Å². The fourth-order valence-corrected chi connectivity index (χ4v) is 4.67. The third-order valence-electron chi connectivity index (χ3n) is 6.74. The zero-order valence-corrected chi connectivity index (χ0v) is 21.0. The maximum atomic E-state index is 13.1. The van der Waals surface area contributed by atoms with E-state index in [1.54, 1.807) is 18.2 Å². The number of fused-ring (bicyclic) bond motifs is 1. The molecule has 8 nitrogen and oxygen atoms in total. The molecule has 0 spiro atoms. The van der Waals surface area contributed by atoms with E-state index in [1.807, 2.05) is 54.8 Å². The number of pyridine rings is 1. The van der Waals surface area contributed by atoms with Crippen molar-refractivity contribution in [1.82, 2.24) is 19.4 Å². The van der Waals surface area contributed by atoms with E-state index in [4.69, 9.17) is 4.98 Å². The van der Waals surface area contributed by atoms with Crippen LogP contribution in [0.15, 0.2) is 54.6 Å². The maximum Gasteiger partial charge on any atom is 0.255 e. The van der Waals surface area contributed by atoms with E-state index in [-0.39, 0.29) is 11.7 Å². The molecule has 0 radical (unpaired) electrons. The largest absolute Gasteiger partial charge is 0.506 e. The third kappa shape index (κ3) is 5.18. The Labute approximate surface area is 211 Å². The molecule has 5 rings (SSSR count). The number of aryl methyl sites for hydroxylation is 2. The number of anilines is 2. The molecule has 0 unspecified atom stereocenters. The third-order valence-corrected chi connectivity index (χ3v) is 6.74. The number of aromatic hydroxyl groups is 1. The highest BCUT2D eigenvalue weighted by Gasteiger charge is 2.21. The average molecular weight is 485 g/mol. The van der Waals surface area contributed by atoms with Gasteiger partial charge in [-0.1, -0.05) is 12.1 Å². The minimum Gasteiger partial charge on any atom is -0.506 e. The topological polar surface area (TPSA) is 95.3 Å². The van der Waals surface area contributed by atoms with Gasteiger partial charge in [0.2, 0.25) is 5.95 Å². The van der Waals surface area contributed by atoms with Gasteiger partial charge in [-0.15, -0.1) is 0 Å². The molecule has 2 aromatic heterocycles. The van der Waals surface area contributed by atoms with Gasteiger partial charge in [-0.25, -0.2) is 4.98 Å². The maximum absolute atomic E-state index is 13.1. The van der Waals surface area contributed by atoms with E-state index < -0.39 is 0 Å². The van der Waals surface area contributed by atoms with E-state index >= 15 is 0 Å². The lowest BCUT2D eigenvalue weighted by molar-refractivity contribution is 0.102. The SMILES string of the molecule is Cc1cccc(NC(=O)c2ccc3nc(NC4CCN(C)CC4)n(Cc4nc(C)ccc4O)c3c2)c1. The molecule has 3 heterocycles. The number of piperidine rings is 1. The fraction of sp³-hybridized carbons (Fsp3) is 0.321. The number of hydrogen-bond acceptors (Lipinski definition) is 6. The second kappa shape index (κ2) is 9.99. The summed E-state index contributed by atoms with van der Waals surface area (Å²) in [6.45, 7) is 6.29. The Hall–Kier alpha value is -3.91. The molecule has 1 amide bonds. The molecule has 1 fully saturated rings. The number of likely N-dealkylation sites (tertiary alicyclic amines) is 1. The summed E-state index contributed by atoms with van der Waals surface area (Å²) in [5.41, 5.74) is 5.36. The average Bonchev–Trinajstić information content (AvgIpc) is 3.19. The molecule has 1 saturated heterocycles. The highest BCUT2D eigenvalue weighted by molar-refractivity contribution is 6.06. The number of amides is 1. The van der Waals surface area contributed by atoms with Crippen LogP contribution < -0.4 is 10.6 Å². The van der Waals surface area contributed by atoms with Crippen LogP contribution >= 0.6 is 0 Å². The van der Waals surface area contributed by atoms with Gasteiger partial charge in [0.15, 0.2) is 0 Å². The summed E-state index contributed by atoms with van der Waals surface area (Å²) in [4.78, 5) is 24.8. The standard InChI is InChI=1S/C28H32N6O2/c1-18-5-4-6-22(15-18)30-27(36)20-8-9-23-25(16-20)34(17-24-26(35)10-7-19(2)29-24)28(32-23)31-21-11-13-33(3)14-12-21/h4-10,15-16,21,35H,11-14,17H2,1-3H3,(H,30,36)(H,31,32). The van der Waals surface area contributed by atoms with Crippen LogP contribution in [0.1, 0.15) is 40.2 Å². The van der Waals surface area contributed by atoms with Crippen molar-refractivity contribution in [3.8, 4) is 5.75 Å². The van der Waals surface area contributed by atoms with Crippen molar-refractivity contribution in [2.75, 3.05) is 30.8 Å². The van der Waals surface area contributed by atoms with Gasteiger partial charge in [-0.3, -0.25) is 9.78 Å². The van der Waals surface area contributed by atoms with E-state index in [2.05, 4.69) is 27.6 Å². The first-order valence-electron chi connectivity index (χ1n) is 12.3. The van der Waals surface area contributed by atoms with Gasteiger partial charge in [0.05, 0.1) is 17.6 Å². The Morgan fingerprint density at radius 2 is 1.86 bits per heavy atom. The van der Waals surface area contributed by atoms with Crippen LogP contribution in [-0.2, 0) is 6.54 Å². The summed E-state index contributed by atoms with van der Waals surface area (Å²) < 4.78 is 2.01. The number of nitrogens with one attached hydrogen (secondary N) is 2. The van der Waals surface area contributed by atoms with Gasteiger partial charge in [-0.05, 0) is 94.9 Å². The number of rotatable bonds is 6. The Morgan fingerprint density at radius 3 is 2.64 bits per heavy atom. The summed E-state index contributed by atoms with van der Waals surface area (Å²) in [6, 6.07) is 17.0. The molecule has 3 N–H and O–H groups in total. The van der Waals surface area contributed by atoms with Gasteiger partial charge >= 0.3 is 0 Å². The number of benzene rings is 2. The molecule has 2 aromatic carbocycles. The summed E-state index contributed by atoms with van der Waals surface area (Å²) >= 11 is 0. The fourth-order valence-electron chi connectivity index (χ4n) is 4.67. The molecule has 4 aromatic rings. The predicted octanol–water partition coefficient (Wildman–Crippen LogP) is 4.56. The van der Waals surface area contributed by atoms with Crippen molar-refractivity contribution in [1.29, 1.82) is 0 Å². The van der Waals surface area contributed by atoms with Crippen molar-refractivity contribution in [3.05, 3.63) is 77.1 Å². The number of nitrogens with zero attached hydrogens (tertiary/aromatic N) is 4. The van der Waals surface area contributed by atoms with Crippen LogP contribution in [0.3, 0.4) is 0 Å². The van der Waals surface area contributed by atoms with Crippen molar-refractivity contribution in [2.24, 2.45) is 0 Å². The molecule has 0 bridgehead atoms. The normalized spacial score (nSPS) is 14.8. The molecule has 1 aliphatic rings. The summed E-state index contributed by atoms with van der Waals surface area (Å²) in [7, 11) is 2.14. The van der Waals surface area contributed by atoms with Crippen molar-refractivity contribution in [3.63, 3.8) is 0 Å². The number of carbonyl (C=O) groups excluding carboxylic acids is 1. The lowest BCUT2D eigenvalue weighted by Crippen LogP contribution is -2.37. The van der Waals surface area contributed by atoms with Crippen LogP contribution in [-0.4, -0.2) is 56.6 Å². The first kappa shape index (κ1) is 23.8. The molecule has 1 aliphatic heterocycles. The molecule has 0 atom stereocenters. The smallest absolute Gasteiger partial charge is 0.255 e. The van der Waals surface area contributed by atoms with Crippen molar-refractivity contribution in [2.45, 2.75) is 39.3 Å². The van der Waals surface area contributed by atoms with Gasteiger partial charge in [0, 0.05) is 23.0 Å². The Balaban J connectivity index is 1.51. The van der Waals surface area contributed by atoms with Crippen LogP contribution in [0.5, 0.6) is 5.75 Å². The Bertz CT molecular complexity index is 1400. The minimum atomic E-state index is -0.184. The molecule has 0 saturated carbocycles. The summed E-state index contributed by atoms with van der Waals surface area (Å²) in [5.74, 6) is 0.677. The quantitative estimate of drug-likeness (QED) is 0.371. The van der Waals surface area contributed by atoms with E-state index in [9.17, 15) is 9.90 Å². The second-order valence-corrected chi connectivity index (χ2v) is 9.69. The van der Waals surface area contributed by atoms with Crippen LogP contribution in [0.4, 0.5) is 11.6 Å². The highest BCUT2D eigenvalue weighted by atomic mass is 16.3. The van der Waals surface area contributed by atoms with E-state index in [0.717, 1.165) is 59.9 Å². The Kier molecular flexibility index (Phi) is 6.61. The second-order valence-electron chi connectivity index (χ2n) is 9.69. The van der Waals surface area contributed by atoms with Gasteiger partial charge < -0.3 is 25.2 Å². The van der Waals surface area contributed by atoms with Gasteiger partial charge in [0.1, 0.15) is 11.4 Å². The number of carbonyl (C=O) groups is 1.